The van der Waals surface area contributed by atoms with Crippen molar-refractivity contribution in [1.82, 2.24) is 15.5 Å². The number of halogens is 6. The van der Waals surface area contributed by atoms with Gasteiger partial charge in [-0.3, -0.25) is 4.79 Å². The molecule has 1 aliphatic heterocycles. The number of urea groups is 1. The fraction of sp³-hybridized carbons (Fsp3) is 0.286. The van der Waals surface area contributed by atoms with Crippen LogP contribution in [0.25, 0.3) is 0 Å². The molecule has 4 rings (SSSR count). The lowest BCUT2D eigenvalue weighted by atomic mass is 9.70. The zero-order chi connectivity index (χ0) is 29.7. The van der Waals surface area contributed by atoms with Crippen LogP contribution in [-0.2, 0) is 16.6 Å². The molecule has 0 atom stereocenters. The molecule has 7 nitrogen and oxygen atoms in total. The number of nitrogens with zero attached hydrogens (tertiary/aromatic N) is 1. The van der Waals surface area contributed by atoms with E-state index in [1.54, 1.807) is 30.3 Å². The first-order valence-corrected chi connectivity index (χ1v) is 12.4. The lowest BCUT2D eigenvalue weighted by Crippen LogP contribution is -2.55. The largest absolute Gasteiger partial charge is 0.573 e. The van der Waals surface area contributed by atoms with E-state index in [1.807, 2.05) is 0 Å². The average molecular weight is 582 g/mol. The average Bonchev–Trinajstić information content (AvgIpc) is 2.90. The molecule has 1 fully saturated rings. The first kappa shape index (κ1) is 29.6. The summed E-state index contributed by atoms with van der Waals surface area (Å²) < 4.78 is 86.9. The van der Waals surface area contributed by atoms with Gasteiger partial charge in [-0.05, 0) is 47.4 Å². The number of hydrogen-bond donors (Lipinski definition) is 2. The van der Waals surface area contributed by atoms with Crippen LogP contribution in [0.4, 0.5) is 31.1 Å². The highest BCUT2D eigenvalue weighted by molar-refractivity contribution is 5.85. The van der Waals surface area contributed by atoms with E-state index in [-0.39, 0.29) is 49.6 Å². The number of alkyl halides is 6. The van der Waals surface area contributed by atoms with Gasteiger partial charge in [0.1, 0.15) is 18.0 Å². The van der Waals surface area contributed by atoms with Gasteiger partial charge in [-0.1, -0.05) is 54.6 Å². The van der Waals surface area contributed by atoms with Crippen LogP contribution in [0.3, 0.4) is 0 Å². The Balaban J connectivity index is 1.84. The van der Waals surface area contributed by atoms with Gasteiger partial charge < -0.3 is 25.0 Å². The molecule has 41 heavy (non-hydrogen) atoms. The second kappa shape index (κ2) is 12.0. The highest BCUT2D eigenvalue weighted by Gasteiger charge is 2.39. The maximum Gasteiger partial charge on any atom is 0.573 e. The van der Waals surface area contributed by atoms with Crippen LogP contribution in [0, 0.1) is 0 Å². The van der Waals surface area contributed by atoms with Crippen molar-refractivity contribution in [2.75, 3.05) is 26.2 Å². The third-order valence-corrected chi connectivity index (χ3v) is 6.46. The molecular weight excluding hydrogens is 556 g/mol. The Bertz CT molecular complexity index is 1310. The first-order valence-electron chi connectivity index (χ1n) is 12.4. The normalized spacial score (nSPS) is 14.3. The van der Waals surface area contributed by atoms with Crippen molar-refractivity contribution in [2.45, 2.75) is 24.6 Å². The van der Waals surface area contributed by atoms with Crippen molar-refractivity contribution >= 4 is 11.9 Å². The Morgan fingerprint density at radius 3 is 1.90 bits per heavy atom. The number of hydrogen-bond acceptors (Lipinski definition) is 4. The number of carbonyl (C=O) groups is 2. The molecule has 1 heterocycles. The highest BCUT2D eigenvalue weighted by atomic mass is 19.4. The molecule has 0 unspecified atom stereocenters. The van der Waals surface area contributed by atoms with Crippen molar-refractivity contribution < 1.29 is 45.4 Å². The SMILES string of the molecule is O=C1CN(C(=O)NCC(Cc2ccccc2)(c2cccc(OC(F)(F)F)c2)c2cccc(OC(F)(F)F)c2)CCN1. The molecule has 218 valence electrons. The van der Waals surface area contributed by atoms with Crippen molar-refractivity contribution in [3.05, 3.63) is 95.6 Å². The molecule has 0 bridgehead atoms. The Labute approximate surface area is 231 Å². The summed E-state index contributed by atoms with van der Waals surface area (Å²) in [6.45, 7) is -0.0206. The van der Waals surface area contributed by atoms with E-state index in [0.29, 0.717) is 5.56 Å². The smallest absolute Gasteiger partial charge is 0.406 e. The number of carbonyl (C=O) groups excluding carboxylic acids is 2. The first-order chi connectivity index (χ1) is 19.3. The fourth-order valence-electron chi connectivity index (χ4n) is 4.71. The third-order valence-electron chi connectivity index (χ3n) is 6.46. The molecule has 2 N–H and O–H groups in total. The molecule has 3 aromatic rings. The minimum Gasteiger partial charge on any atom is -0.406 e. The molecule has 0 aromatic heterocycles. The van der Waals surface area contributed by atoms with Crippen LogP contribution in [0.5, 0.6) is 11.5 Å². The van der Waals surface area contributed by atoms with Gasteiger partial charge in [0.05, 0.1) is 0 Å². The van der Waals surface area contributed by atoms with Gasteiger partial charge in [0, 0.05) is 25.0 Å². The number of nitrogens with one attached hydrogen (secondary N) is 2. The molecule has 1 saturated heterocycles. The van der Waals surface area contributed by atoms with Crippen LogP contribution >= 0.6 is 0 Å². The van der Waals surface area contributed by atoms with Gasteiger partial charge in [-0.2, -0.15) is 0 Å². The standard InChI is InChI=1S/C28H25F6N3O4/c29-27(30,31)40-22-10-4-8-20(14-22)26(16-19-6-2-1-3-7-19,18-36-25(39)37-13-12-35-24(38)17-37)21-9-5-11-23(15-21)41-28(32,33)34/h1-11,14-15H,12-13,16-18H2,(H,35,38)(H,36,39). The Morgan fingerprint density at radius 1 is 0.829 bits per heavy atom. The van der Waals surface area contributed by atoms with E-state index in [9.17, 15) is 35.9 Å². The molecule has 0 radical (unpaired) electrons. The predicted octanol–water partition coefficient (Wildman–Crippen LogP) is 5.15. The highest BCUT2D eigenvalue weighted by Crippen LogP contribution is 2.40. The molecule has 13 heteroatoms. The fourth-order valence-corrected chi connectivity index (χ4v) is 4.71. The monoisotopic (exact) mass is 581 g/mol. The zero-order valence-corrected chi connectivity index (χ0v) is 21.4. The van der Waals surface area contributed by atoms with Gasteiger partial charge in [0.2, 0.25) is 5.91 Å². The van der Waals surface area contributed by atoms with Gasteiger partial charge >= 0.3 is 18.8 Å². The van der Waals surface area contributed by atoms with E-state index < -0.39 is 35.7 Å². The van der Waals surface area contributed by atoms with Gasteiger partial charge in [0.25, 0.3) is 0 Å². The van der Waals surface area contributed by atoms with Crippen LogP contribution in [0.15, 0.2) is 78.9 Å². The Morgan fingerprint density at radius 2 is 1.39 bits per heavy atom. The Kier molecular flexibility index (Phi) is 8.64. The topological polar surface area (TPSA) is 79.9 Å². The van der Waals surface area contributed by atoms with Gasteiger partial charge in [-0.15, -0.1) is 26.3 Å². The lowest BCUT2D eigenvalue weighted by molar-refractivity contribution is -0.275. The second-order valence-corrected chi connectivity index (χ2v) is 9.33. The van der Waals surface area contributed by atoms with Crippen LogP contribution < -0.4 is 20.1 Å². The molecule has 1 aliphatic rings. The van der Waals surface area contributed by atoms with Crippen LogP contribution in [0.2, 0.25) is 0 Å². The summed E-state index contributed by atoms with van der Waals surface area (Å²) in [4.78, 5) is 26.2. The third kappa shape index (κ3) is 8.05. The summed E-state index contributed by atoms with van der Waals surface area (Å²) in [5.74, 6) is -1.46. The summed E-state index contributed by atoms with van der Waals surface area (Å²) in [7, 11) is 0. The molecular formula is C28H25F6N3O4. The number of rotatable bonds is 8. The van der Waals surface area contributed by atoms with Crippen LogP contribution in [-0.4, -0.2) is 55.7 Å². The minimum absolute atomic E-state index is 0.0551. The molecule has 0 saturated carbocycles. The van der Waals surface area contributed by atoms with Gasteiger partial charge in [0.15, 0.2) is 0 Å². The summed E-state index contributed by atoms with van der Waals surface area (Å²) in [6, 6.07) is 18.2. The van der Waals surface area contributed by atoms with Gasteiger partial charge in [-0.25, -0.2) is 4.79 Å². The molecule has 0 aliphatic carbocycles. The zero-order valence-electron chi connectivity index (χ0n) is 21.4. The predicted molar refractivity (Wildman–Crippen MR) is 135 cm³/mol. The quantitative estimate of drug-likeness (QED) is 0.361. The van der Waals surface area contributed by atoms with E-state index >= 15 is 0 Å². The summed E-state index contributed by atoms with van der Waals surface area (Å²) in [5.41, 5.74) is -0.276. The summed E-state index contributed by atoms with van der Waals surface area (Å²) in [5, 5.41) is 5.35. The molecule has 3 amide bonds. The molecule has 3 aromatic carbocycles. The number of ether oxygens (including phenoxy) is 2. The van der Waals surface area contributed by atoms with Crippen LogP contribution in [0.1, 0.15) is 16.7 Å². The van der Waals surface area contributed by atoms with E-state index in [2.05, 4.69) is 20.1 Å². The minimum atomic E-state index is -5.00. The second-order valence-electron chi connectivity index (χ2n) is 9.33. The van der Waals surface area contributed by atoms with Crippen molar-refractivity contribution in [2.24, 2.45) is 0 Å². The summed E-state index contributed by atoms with van der Waals surface area (Å²) in [6.07, 6.45) is -9.94. The molecule has 0 spiro atoms. The maximum atomic E-state index is 13.1. The van der Waals surface area contributed by atoms with Crippen molar-refractivity contribution in [3.8, 4) is 11.5 Å². The van der Waals surface area contributed by atoms with E-state index in [1.165, 1.54) is 29.2 Å². The number of amides is 3. The van der Waals surface area contributed by atoms with E-state index in [0.717, 1.165) is 24.3 Å². The van der Waals surface area contributed by atoms with Crippen molar-refractivity contribution in [3.63, 3.8) is 0 Å². The maximum absolute atomic E-state index is 13.1. The summed E-state index contributed by atoms with van der Waals surface area (Å²) >= 11 is 0. The Hall–Kier alpha value is -4.42. The van der Waals surface area contributed by atoms with E-state index in [4.69, 9.17) is 0 Å². The number of piperazine rings is 1. The lowest BCUT2D eigenvalue weighted by Gasteiger charge is -2.37. The van der Waals surface area contributed by atoms with Crippen molar-refractivity contribution in [1.29, 1.82) is 0 Å². The number of benzene rings is 3.